The quantitative estimate of drug-likeness (QED) is 0.676. The number of benzene rings is 2. The summed E-state index contributed by atoms with van der Waals surface area (Å²) in [6, 6.07) is 17.7. The summed E-state index contributed by atoms with van der Waals surface area (Å²) in [6.45, 7) is 6.61. The van der Waals surface area contributed by atoms with Crippen LogP contribution in [0.25, 0.3) is 11.1 Å². The summed E-state index contributed by atoms with van der Waals surface area (Å²) in [5.74, 6) is 0. The van der Waals surface area contributed by atoms with Crippen molar-refractivity contribution >= 4 is 9.24 Å². The Balaban J connectivity index is 2.28. The van der Waals surface area contributed by atoms with Gasteiger partial charge in [-0.25, -0.2) is 0 Å². The Bertz CT molecular complexity index is 501. The Hall–Kier alpha value is -1.13. The van der Waals surface area contributed by atoms with Gasteiger partial charge < -0.3 is 0 Å². The summed E-state index contributed by atoms with van der Waals surface area (Å²) in [6.07, 6.45) is 1.10. The van der Waals surface area contributed by atoms with E-state index in [0.717, 1.165) is 6.42 Å². The minimum absolute atomic E-state index is 0.143. The van der Waals surface area contributed by atoms with E-state index < -0.39 is 0 Å². The average molecular weight is 256 g/mol. The van der Waals surface area contributed by atoms with Gasteiger partial charge in [0, 0.05) is 5.16 Å². The van der Waals surface area contributed by atoms with E-state index in [4.69, 9.17) is 0 Å². The standard InChI is InChI=1S/C17H21P/c1-4-13-5-7-14(8-6-13)15-9-11-16(12-10-15)17(2,3)18/h5-12H,4,18H2,1-3H3. The second kappa shape index (κ2) is 5.24. The minimum atomic E-state index is 0.143. The maximum Gasteiger partial charge on any atom is 0.00413 e. The molecule has 0 heterocycles. The van der Waals surface area contributed by atoms with Gasteiger partial charge in [0.05, 0.1) is 0 Å². The van der Waals surface area contributed by atoms with Crippen LogP contribution in [0.2, 0.25) is 0 Å². The Labute approximate surface area is 113 Å². The van der Waals surface area contributed by atoms with E-state index in [-0.39, 0.29) is 5.16 Å². The highest BCUT2D eigenvalue weighted by atomic mass is 31.0. The number of hydrogen-bond acceptors (Lipinski definition) is 0. The fourth-order valence-electron chi connectivity index (χ4n) is 2.03. The molecule has 0 radical (unpaired) electrons. The monoisotopic (exact) mass is 256 g/mol. The lowest BCUT2D eigenvalue weighted by Gasteiger charge is -2.19. The van der Waals surface area contributed by atoms with Gasteiger partial charge in [-0.05, 0) is 28.7 Å². The van der Waals surface area contributed by atoms with Crippen LogP contribution >= 0.6 is 9.24 Å². The molecule has 0 bridgehead atoms. The van der Waals surface area contributed by atoms with Gasteiger partial charge in [0.2, 0.25) is 0 Å². The molecule has 0 aliphatic rings. The van der Waals surface area contributed by atoms with Crippen molar-refractivity contribution in [2.24, 2.45) is 0 Å². The molecule has 94 valence electrons. The lowest BCUT2D eigenvalue weighted by molar-refractivity contribution is 0.783. The summed E-state index contributed by atoms with van der Waals surface area (Å²) in [7, 11) is 2.89. The first kappa shape index (κ1) is 13.3. The zero-order valence-electron chi connectivity index (χ0n) is 11.4. The molecule has 1 heteroatoms. The fourth-order valence-corrected chi connectivity index (χ4v) is 2.22. The molecule has 0 spiro atoms. The predicted octanol–water partition coefficient (Wildman–Crippen LogP) is 5.03. The van der Waals surface area contributed by atoms with E-state index in [1.165, 1.54) is 22.3 Å². The number of hydrogen-bond donors (Lipinski definition) is 0. The second-order valence-electron chi connectivity index (χ2n) is 5.35. The van der Waals surface area contributed by atoms with Crippen LogP contribution in [0.1, 0.15) is 31.9 Å². The van der Waals surface area contributed by atoms with Crippen LogP contribution in [0.5, 0.6) is 0 Å². The van der Waals surface area contributed by atoms with Crippen molar-refractivity contribution in [1.82, 2.24) is 0 Å². The van der Waals surface area contributed by atoms with Gasteiger partial charge in [-0.3, -0.25) is 0 Å². The first-order valence-corrected chi connectivity index (χ1v) is 7.07. The second-order valence-corrected chi connectivity index (χ2v) is 6.79. The molecular formula is C17H21P. The molecule has 0 saturated heterocycles. The van der Waals surface area contributed by atoms with Crippen molar-refractivity contribution < 1.29 is 0 Å². The molecule has 0 fully saturated rings. The van der Waals surface area contributed by atoms with Gasteiger partial charge in [0.1, 0.15) is 0 Å². The van der Waals surface area contributed by atoms with Crippen molar-refractivity contribution in [1.29, 1.82) is 0 Å². The summed E-state index contributed by atoms with van der Waals surface area (Å²) in [4.78, 5) is 0. The van der Waals surface area contributed by atoms with Crippen molar-refractivity contribution in [2.75, 3.05) is 0 Å². The Morgan fingerprint density at radius 3 is 1.67 bits per heavy atom. The molecule has 0 aliphatic heterocycles. The van der Waals surface area contributed by atoms with Gasteiger partial charge >= 0.3 is 0 Å². The molecule has 0 nitrogen and oxygen atoms in total. The van der Waals surface area contributed by atoms with Crippen LogP contribution in [-0.2, 0) is 11.6 Å². The lowest BCUT2D eigenvalue weighted by atomic mass is 9.97. The maximum absolute atomic E-state index is 2.89. The van der Waals surface area contributed by atoms with Gasteiger partial charge in [-0.2, -0.15) is 0 Å². The van der Waals surface area contributed by atoms with Crippen LogP contribution < -0.4 is 0 Å². The first-order chi connectivity index (χ1) is 8.50. The smallest absolute Gasteiger partial charge is 0.00413 e. The van der Waals surface area contributed by atoms with Gasteiger partial charge in [0.15, 0.2) is 0 Å². The predicted molar refractivity (Wildman–Crippen MR) is 84.0 cm³/mol. The molecule has 2 rings (SSSR count). The highest BCUT2D eigenvalue weighted by Crippen LogP contribution is 2.31. The average Bonchev–Trinajstić information content (AvgIpc) is 2.38. The molecule has 1 unspecified atom stereocenters. The third-order valence-corrected chi connectivity index (χ3v) is 3.66. The number of rotatable bonds is 3. The van der Waals surface area contributed by atoms with Gasteiger partial charge in [-0.1, -0.05) is 69.3 Å². The summed E-state index contributed by atoms with van der Waals surface area (Å²) < 4.78 is 0. The lowest BCUT2D eigenvalue weighted by Crippen LogP contribution is -2.05. The van der Waals surface area contributed by atoms with Crippen molar-refractivity contribution in [3.63, 3.8) is 0 Å². The molecule has 0 aromatic heterocycles. The van der Waals surface area contributed by atoms with Crippen molar-refractivity contribution in [3.8, 4) is 11.1 Å². The molecule has 18 heavy (non-hydrogen) atoms. The zero-order valence-corrected chi connectivity index (χ0v) is 12.6. The van der Waals surface area contributed by atoms with Gasteiger partial charge in [-0.15, -0.1) is 9.24 Å². The fraction of sp³-hybridized carbons (Fsp3) is 0.294. The minimum Gasteiger partial charge on any atom is -0.127 e. The highest BCUT2D eigenvalue weighted by Gasteiger charge is 2.13. The van der Waals surface area contributed by atoms with E-state index in [1.54, 1.807) is 0 Å². The normalized spacial score (nSPS) is 11.6. The molecule has 0 amide bonds. The Morgan fingerprint density at radius 1 is 0.833 bits per heavy atom. The highest BCUT2D eigenvalue weighted by molar-refractivity contribution is 7.18. The third kappa shape index (κ3) is 3.00. The van der Waals surface area contributed by atoms with E-state index in [9.17, 15) is 0 Å². The summed E-state index contributed by atoms with van der Waals surface area (Å²) in [5.41, 5.74) is 5.32. The van der Waals surface area contributed by atoms with E-state index in [0.29, 0.717) is 0 Å². The van der Waals surface area contributed by atoms with Crippen molar-refractivity contribution in [3.05, 3.63) is 59.7 Å². The Kier molecular flexibility index (Phi) is 3.88. The van der Waals surface area contributed by atoms with Crippen LogP contribution in [0.15, 0.2) is 48.5 Å². The van der Waals surface area contributed by atoms with Gasteiger partial charge in [0.25, 0.3) is 0 Å². The van der Waals surface area contributed by atoms with Crippen LogP contribution in [0, 0.1) is 0 Å². The van der Waals surface area contributed by atoms with Crippen LogP contribution in [0.4, 0.5) is 0 Å². The maximum atomic E-state index is 2.89. The topological polar surface area (TPSA) is 0 Å². The van der Waals surface area contributed by atoms with E-state index in [1.807, 2.05) is 0 Å². The first-order valence-electron chi connectivity index (χ1n) is 6.49. The zero-order chi connectivity index (χ0) is 13.2. The largest absolute Gasteiger partial charge is 0.127 e. The van der Waals surface area contributed by atoms with Crippen molar-refractivity contribution in [2.45, 2.75) is 32.3 Å². The third-order valence-electron chi connectivity index (χ3n) is 3.32. The molecular weight excluding hydrogens is 235 g/mol. The SMILES string of the molecule is CCc1ccc(-c2ccc(C(C)(C)P)cc2)cc1. The van der Waals surface area contributed by atoms with Crippen LogP contribution in [-0.4, -0.2) is 0 Å². The molecule has 0 aliphatic carbocycles. The van der Waals surface area contributed by atoms with E-state index in [2.05, 4.69) is 78.5 Å². The molecule has 2 aromatic carbocycles. The molecule has 2 aromatic rings. The number of aryl methyl sites for hydroxylation is 1. The Morgan fingerprint density at radius 2 is 1.28 bits per heavy atom. The van der Waals surface area contributed by atoms with E-state index >= 15 is 0 Å². The molecule has 0 saturated carbocycles. The molecule has 0 N–H and O–H groups in total. The summed E-state index contributed by atoms with van der Waals surface area (Å²) in [5, 5.41) is 0.143. The summed E-state index contributed by atoms with van der Waals surface area (Å²) >= 11 is 0. The molecule has 1 atom stereocenters. The van der Waals surface area contributed by atoms with Crippen LogP contribution in [0.3, 0.4) is 0 Å².